The number of nitrogens with zero attached hydrogens (tertiary/aromatic N) is 1. The average molecular weight is 227 g/mol. The summed E-state index contributed by atoms with van der Waals surface area (Å²) in [6, 6.07) is -0.602. The average Bonchev–Trinajstić information content (AvgIpc) is 2.85. The maximum absolute atomic E-state index is 12.0. The Morgan fingerprint density at radius 3 is 2.75 bits per heavy atom. The number of carbonyl (C=O) groups is 2. The van der Waals surface area contributed by atoms with E-state index in [1.165, 1.54) is 0 Å². The van der Waals surface area contributed by atoms with Crippen molar-refractivity contribution in [2.75, 3.05) is 20.1 Å². The van der Waals surface area contributed by atoms with Gasteiger partial charge in [0, 0.05) is 26.6 Å². The molecule has 16 heavy (non-hydrogen) atoms. The molecule has 90 valence electrons. The highest BCUT2D eigenvalue weighted by Crippen LogP contribution is 2.13. The lowest BCUT2D eigenvalue weighted by atomic mass is 10.1. The van der Waals surface area contributed by atoms with Gasteiger partial charge >= 0.3 is 0 Å². The van der Waals surface area contributed by atoms with Crippen molar-refractivity contribution in [3.63, 3.8) is 0 Å². The van der Waals surface area contributed by atoms with Gasteiger partial charge < -0.3 is 20.6 Å². The second-order valence-electron chi connectivity index (χ2n) is 4.40. The minimum Gasteiger partial charge on any atom is -0.390 e. The number of aliphatic hydroxyl groups excluding tert-OH is 1. The molecule has 6 nitrogen and oxygen atoms in total. The van der Waals surface area contributed by atoms with Crippen LogP contribution in [0.3, 0.4) is 0 Å². The fourth-order valence-corrected chi connectivity index (χ4v) is 2.25. The Balaban J connectivity index is 1.96. The van der Waals surface area contributed by atoms with Gasteiger partial charge in [0.2, 0.25) is 11.8 Å². The minimum atomic E-state index is -0.522. The first-order chi connectivity index (χ1) is 7.59. The lowest BCUT2D eigenvalue weighted by Gasteiger charge is -2.28. The molecule has 0 aliphatic carbocycles. The number of rotatable bonds is 2. The van der Waals surface area contributed by atoms with Gasteiger partial charge in [0.25, 0.3) is 0 Å². The van der Waals surface area contributed by atoms with Crippen molar-refractivity contribution < 1.29 is 14.7 Å². The molecule has 2 saturated heterocycles. The van der Waals surface area contributed by atoms with Crippen LogP contribution in [0.4, 0.5) is 0 Å². The van der Waals surface area contributed by atoms with Gasteiger partial charge in [-0.25, -0.2) is 0 Å². The third-order valence-electron chi connectivity index (χ3n) is 3.29. The SMILES string of the molecule is CN(C(=O)[C@H]1CCC(=O)N1)[C@@H]1CNC[C@H]1O. The van der Waals surface area contributed by atoms with Crippen LogP contribution in [0.2, 0.25) is 0 Å². The van der Waals surface area contributed by atoms with E-state index in [1.54, 1.807) is 11.9 Å². The first kappa shape index (κ1) is 11.3. The number of likely N-dealkylation sites (N-methyl/N-ethyl adjacent to an activating group) is 1. The quantitative estimate of drug-likeness (QED) is 0.512. The van der Waals surface area contributed by atoms with E-state index in [0.29, 0.717) is 25.9 Å². The summed E-state index contributed by atoms with van der Waals surface area (Å²) in [5, 5.41) is 15.3. The molecule has 2 amide bonds. The standard InChI is InChI=1S/C10H17N3O3/c1-13(7-4-11-5-8(7)14)10(16)6-2-3-9(15)12-6/h6-8,11,14H,2-5H2,1H3,(H,12,15)/t6-,7-,8-/m1/s1. The van der Waals surface area contributed by atoms with Crippen LogP contribution < -0.4 is 10.6 Å². The van der Waals surface area contributed by atoms with E-state index in [4.69, 9.17) is 0 Å². The fraction of sp³-hybridized carbons (Fsp3) is 0.800. The Morgan fingerprint density at radius 2 is 2.25 bits per heavy atom. The number of aliphatic hydroxyl groups is 1. The van der Waals surface area contributed by atoms with Gasteiger partial charge in [-0.2, -0.15) is 0 Å². The van der Waals surface area contributed by atoms with Crippen molar-refractivity contribution in [2.24, 2.45) is 0 Å². The molecule has 2 aliphatic rings. The molecule has 0 aromatic heterocycles. The van der Waals surface area contributed by atoms with Gasteiger partial charge in [-0.05, 0) is 6.42 Å². The molecule has 0 radical (unpaired) electrons. The van der Waals surface area contributed by atoms with Crippen molar-refractivity contribution in [3.8, 4) is 0 Å². The molecule has 2 aliphatic heterocycles. The van der Waals surface area contributed by atoms with Crippen molar-refractivity contribution in [3.05, 3.63) is 0 Å². The molecule has 0 bridgehead atoms. The topological polar surface area (TPSA) is 81.7 Å². The number of β-amino-alcohol motifs (C(OH)–C–C–N with tert-alkyl or cyclic N) is 1. The van der Waals surface area contributed by atoms with Crippen LogP contribution in [0, 0.1) is 0 Å². The van der Waals surface area contributed by atoms with Gasteiger partial charge in [-0.1, -0.05) is 0 Å². The van der Waals surface area contributed by atoms with Gasteiger partial charge in [-0.15, -0.1) is 0 Å². The van der Waals surface area contributed by atoms with Crippen LogP contribution in [0.5, 0.6) is 0 Å². The second-order valence-corrected chi connectivity index (χ2v) is 4.40. The number of hydrogen-bond donors (Lipinski definition) is 3. The number of amides is 2. The zero-order valence-corrected chi connectivity index (χ0v) is 9.27. The first-order valence-electron chi connectivity index (χ1n) is 5.54. The molecule has 6 heteroatoms. The smallest absolute Gasteiger partial charge is 0.245 e. The molecular formula is C10H17N3O3. The summed E-state index contributed by atoms with van der Waals surface area (Å²) in [5.74, 6) is -0.185. The predicted molar refractivity (Wildman–Crippen MR) is 56.6 cm³/mol. The summed E-state index contributed by atoms with van der Waals surface area (Å²) in [5.41, 5.74) is 0. The van der Waals surface area contributed by atoms with Crippen molar-refractivity contribution in [2.45, 2.75) is 31.0 Å². The third kappa shape index (κ3) is 2.03. The van der Waals surface area contributed by atoms with Crippen LogP contribution >= 0.6 is 0 Å². The van der Waals surface area contributed by atoms with Crippen molar-refractivity contribution >= 4 is 11.8 Å². The van der Waals surface area contributed by atoms with Crippen molar-refractivity contribution in [1.82, 2.24) is 15.5 Å². The van der Waals surface area contributed by atoms with E-state index in [-0.39, 0.29) is 17.9 Å². The Bertz CT molecular complexity index is 308. The van der Waals surface area contributed by atoms with Crippen LogP contribution in [-0.2, 0) is 9.59 Å². The van der Waals surface area contributed by atoms with E-state index in [0.717, 1.165) is 0 Å². The summed E-state index contributed by atoms with van der Waals surface area (Å²) >= 11 is 0. The fourth-order valence-electron chi connectivity index (χ4n) is 2.25. The first-order valence-corrected chi connectivity index (χ1v) is 5.54. The van der Waals surface area contributed by atoms with E-state index in [9.17, 15) is 14.7 Å². The van der Waals surface area contributed by atoms with Gasteiger partial charge in [0.1, 0.15) is 6.04 Å². The summed E-state index contributed by atoms with van der Waals surface area (Å²) in [7, 11) is 1.67. The van der Waals surface area contributed by atoms with Gasteiger partial charge in [0.05, 0.1) is 12.1 Å². The third-order valence-corrected chi connectivity index (χ3v) is 3.29. The molecule has 3 N–H and O–H groups in total. The Labute approximate surface area is 94.0 Å². The Hall–Kier alpha value is -1.14. The van der Waals surface area contributed by atoms with Gasteiger partial charge in [0.15, 0.2) is 0 Å². The molecule has 0 saturated carbocycles. The molecule has 2 heterocycles. The highest BCUT2D eigenvalue weighted by Gasteiger charge is 2.36. The number of nitrogens with one attached hydrogen (secondary N) is 2. The van der Waals surface area contributed by atoms with E-state index in [2.05, 4.69) is 10.6 Å². The maximum atomic E-state index is 12.0. The molecule has 2 rings (SSSR count). The number of hydrogen-bond acceptors (Lipinski definition) is 4. The maximum Gasteiger partial charge on any atom is 0.245 e. The second kappa shape index (κ2) is 4.39. The van der Waals surface area contributed by atoms with Crippen LogP contribution in [0.1, 0.15) is 12.8 Å². The number of carbonyl (C=O) groups excluding carboxylic acids is 2. The zero-order valence-electron chi connectivity index (χ0n) is 9.27. The molecule has 3 atom stereocenters. The minimum absolute atomic E-state index is 0.0724. The highest BCUT2D eigenvalue weighted by atomic mass is 16.3. The summed E-state index contributed by atoms with van der Waals surface area (Å²) in [6.07, 6.45) is 0.444. The normalized spacial score (nSPS) is 33.9. The van der Waals surface area contributed by atoms with E-state index >= 15 is 0 Å². The molecular weight excluding hydrogens is 210 g/mol. The van der Waals surface area contributed by atoms with Crippen LogP contribution in [0.25, 0.3) is 0 Å². The predicted octanol–water partition coefficient (Wildman–Crippen LogP) is -1.94. The lowest BCUT2D eigenvalue weighted by molar-refractivity contribution is -0.136. The van der Waals surface area contributed by atoms with E-state index < -0.39 is 12.1 Å². The van der Waals surface area contributed by atoms with Crippen molar-refractivity contribution in [1.29, 1.82) is 0 Å². The Kier molecular flexibility index (Phi) is 3.11. The largest absolute Gasteiger partial charge is 0.390 e. The van der Waals surface area contributed by atoms with Crippen LogP contribution in [0.15, 0.2) is 0 Å². The molecule has 0 unspecified atom stereocenters. The van der Waals surface area contributed by atoms with Crippen LogP contribution in [-0.4, -0.2) is 60.1 Å². The van der Waals surface area contributed by atoms with E-state index in [1.807, 2.05) is 0 Å². The monoisotopic (exact) mass is 227 g/mol. The summed E-state index contributed by atoms with van der Waals surface area (Å²) < 4.78 is 0. The zero-order chi connectivity index (χ0) is 11.7. The van der Waals surface area contributed by atoms with Gasteiger partial charge in [-0.3, -0.25) is 9.59 Å². The lowest BCUT2D eigenvalue weighted by Crippen LogP contribution is -2.50. The molecule has 2 fully saturated rings. The molecule has 0 aromatic rings. The molecule has 0 aromatic carbocycles. The highest BCUT2D eigenvalue weighted by molar-refractivity contribution is 5.90. The Morgan fingerprint density at radius 1 is 1.50 bits per heavy atom. The molecule has 0 spiro atoms. The summed E-state index contributed by atoms with van der Waals surface area (Å²) in [6.45, 7) is 1.11. The summed E-state index contributed by atoms with van der Waals surface area (Å²) in [4.78, 5) is 24.6.